The Kier molecular flexibility index (Phi) is 5.90. The second-order valence-electron chi connectivity index (χ2n) is 9.80. The van der Waals surface area contributed by atoms with Crippen molar-refractivity contribution >= 4 is 33.4 Å². The fourth-order valence-corrected chi connectivity index (χ4v) is 6.01. The third kappa shape index (κ3) is 4.35. The SMILES string of the molecule is Fc1ccc(-c2cncc3[nH]c(-c4n[nH]c5ccc(-c6cncc(CNCC7CCCC7)c6)nc45)nc23)s1. The zero-order valence-electron chi connectivity index (χ0n) is 20.5. The van der Waals surface area contributed by atoms with Crippen LogP contribution in [-0.2, 0) is 6.54 Å². The molecule has 3 N–H and O–H groups in total. The van der Waals surface area contributed by atoms with Gasteiger partial charge < -0.3 is 10.3 Å². The van der Waals surface area contributed by atoms with Crippen LogP contribution in [0.4, 0.5) is 4.39 Å². The third-order valence-electron chi connectivity index (χ3n) is 7.19. The van der Waals surface area contributed by atoms with Crippen LogP contribution >= 0.6 is 11.3 Å². The zero-order valence-corrected chi connectivity index (χ0v) is 21.4. The van der Waals surface area contributed by atoms with E-state index in [-0.39, 0.29) is 5.13 Å². The summed E-state index contributed by atoms with van der Waals surface area (Å²) >= 11 is 1.07. The summed E-state index contributed by atoms with van der Waals surface area (Å²) < 4.78 is 13.7. The van der Waals surface area contributed by atoms with E-state index < -0.39 is 0 Å². The van der Waals surface area contributed by atoms with Gasteiger partial charge >= 0.3 is 0 Å². The molecule has 0 aliphatic heterocycles. The predicted molar refractivity (Wildman–Crippen MR) is 147 cm³/mol. The van der Waals surface area contributed by atoms with E-state index in [0.717, 1.165) is 68.6 Å². The number of nitrogens with one attached hydrogen (secondary N) is 3. The van der Waals surface area contributed by atoms with Crippen molar-refractivity contribution in [3.63, 3.8) is 0 Å². The zero-order chi connectivity index (χ0) is 25.5. The van der Waals surface area contributed by atoms with Gasteiger partial charge in [-0.1, -0.05) is 12.8 Å². The van der Waals surface area contributed by atoms with Gasteiger partial charge in [0.2, 0.25) is 0 Å². The summed E-state index contributed by atoms with van der Waals surface area (Å²) in [6.07, 6.45) is 12.5. The monoisotopic (exact) mass is 524 g/mol. The Morgan fingerprint density at radius 2 is 1.84 bits per heavy atom. The van der Waals surface area contributed by atoms with Crippen LogP contribution < -0.4 is 5.32 Å². The van der Waals surface area contributed by atoms with Gasteiger partial charge in [0.05, 0.1) is 22.9 Å². The number of thiophene rings is 1. The Morgan fingerprint density at radius 3 is 2.71 bits per heavy atom. The second kappa shape index (κ2) is 9.70. The molecule has 1 fully saturated rings. The lowest BCUT2D eigenvalue weighted by atomic mass is 10.1. The van der Waals surface area contributed by atoms with Crippen molar-refractivity contribution < 1.29 is 4.39 Å². The molecule has 1 aliphatic carbocycles. The highest BCUT2D eigenvalue weighted by atomic mass is 32.1. The van der Waals surface area contributed by atoms with E-state index in [0.29, 0.717) is 22.6 Å². The van der Waals surface area contributed by atoms with Crippen LogP contribution in [0.5, 0.6) is 0 Å². The van der Waals surface area contributed by atoms with E-state index in [1.165, 1.54) is 31.7 Å². The van der Waals surface area contributed by atoms with E-state index in [1.807, 2.05) is 24.5 Å². The molecule has 0 aromatic carbocycles. The number of imidazole rings is 1. The highest BCUT2D eigenvalue weighted by Crippen LogP contribution is 2.34. The van der Waals surface area contributed by atoms with Crippen molar-refractivity contribution in [1.29, 1.82) is 0 Å². The van der Waals surface area contributed by atoms with E-state index in [1.54, 1.807) is 18.5 Å². The number of fused-ring (bicyclic) bond motifs is 2. The Labute approximate surface area is 221 Å². The summed E-state index contributed by atoms with van der Waals surface area (Å²) in [5.41, 5.74) is 7.28. The highest BCUT2D eigenvalue weighted by molar-refractivity contribution is 7.14. The fourth-order valence-electron chi connectivity index (χ4n) is 5.27. The molecular weight excluding hydrogens is 499 g/mol. The number of H-pyrrole nitrogens is 2. The van der Waals surface area contributed by atoms with Gasteiger partial charge in [-0.3, -0.25) is 15.1 Å². The summed E-state index contributed by atoms with van der Waals surface area (Å²) in [6.45, 7) is 1.85. The molecule has 0 unspecified atom stereocenters. The fraction of sp³-hybridized carbons (Fsp3) is 0.250. The van der Waals surface area contributed by atoms with Gasteiger partial charge in [-0.25, -0.2) is 9.97 Å². The number of rotatable bonds is 7. The van der Waals surface area contributed by atoms with Crippen LogP contribution in [0.2, 0.25) is 0 Å². The smallest absolute Gasteiger partial charge is 0.176 e. The molecule has 10 heteroatoms. The molecule has 38 heavy (non-hydrogen) atoms. The number of aromatic amines is 2. The molecule has 8 nitrogen and oxygen atoms in total. The van der Waals surface area contributed by atoms with E-state index in [2.05, 4.69) is 36.5 Å². The third-order valence-corrected chi connectivity index (χ3v) is 8.10. The average Bonchev–Trinajstić information content (AvgIpc) is 3.74. The Morgan fingerprint density at radius 1 is 0.947 bits per heavy atom. The normalized spacial score (nSPS) is 14.2. The van der Waals surface area contributed by atoms with Gasteiger partial charge in [0.15, 0.2) is 16.6 Å². The van der Waals surface area contributed by atoms with Gasteiger partial charge in [-0.05, 0) is 61.2 Å². The van der Waals surface area contributed by atoms with Crippen molar-refractivity contribution in [2.45, 2.75) is 32.2 Å². The van der Waals surface area contributed by atoms with Gasteiger partial charge in [0.25, 0.3) is 0 Å². The number of pyridine rings is 3. The standard InChI is InChI=1S/C28H25FN8S/c29-24-8-7-23(38-24)19-14-32-15-22-25(19)35-28(34-22)27-26-21(36-37-27)6-5-20(33-26)18-9-17(12-31-13-18)11-30-10-16-3-1-2-4-16/h5-9,12-16,30H,1-4,10-11H2,(H,34,35)(H,36,37). The van der Waals surface area contributed by atoms with Gasteiger partial charge in [-0.15, -0.1) is 11.3 Å². The first-order valence-corrected chi connectivity index (χ1v) is 13.6. The first kappa shape index (κ1) is 23.1. The van der Waals surface area contributed by atoms with Crippen LogP contribution in [0, 0.1) is 11.0 Å². The highest BCUT2D eigenvalue weighted by Gasteiger charge is 2.18. The lowest BCUT2D eigenvalue weighted by Gasteiger charge is -2.11. The number of aromatic nitrogens is 7. The maximum atomic E-state index is 13.7. The van der Waals surface area contributed by atoms with Gasteiger partial charge in [-0.2, -0.15) is 9.49 Å². The maximum absolute atomic E-state index is 13.7. The molecule has 1 aliphatic rings. The summed E-state index contributed by atoms with van der Waals surface area (Å²) in [7, 11) is 0. The van der Waals surface area contributed by atoms with Gasteiger partial charge in [0.1, 0.15) is 11.0 Å². The molecule has 0 amide bonds. The molecule has 1 saturated carbocycles. The molecule has 0 radical (unpaired) electrons. The first-order valence-electron chi connectivity index (χ1n) is 12.8. The minimum atomic E-state index is -0.244. The van der Waals surface area contributed by atoms with Crippen molar-refractivity contribution in [3.05, 3.63) is 65.8 Å². The minimum absolute atomic E-state index is 0.244. The van der Waals surface area contributed by atoms with Crippen LogP contribution in [0.25, 0.3) is 55.3 Å². The van der Waals surface area contributed by atoms with Crippen molar-refractivity contribution in [1.82, 2.24) is 40.4 Å². The van der Waals surface area contributed by atoms with Crippen molar-refractivity contribution in [3.8, 4) is 33.2 Å². The number of nitrogens with zero attached hydrogens (tertiary/aromatic N) is 5. The summed E-state index contributed by atoms with van der Waals surface area (Å²) in [4.78, 5) is 22.6. The van der Waals surface area contributed by atoms with Gasteiger partial charge in [0, 0.05) is 41.1 Å². The van der Waals surface area contributed by atoms with Crippen LogP contribution in [0.1, 0.15) is 31.2 Å². The van der Waals surface area contributed by atoms with Crippen LogP contribution in [-0.4, -0.2) is 41.7 Å². The summed E-state index contributed by atoms with van der Waals surface area (Å²) in [6, 6.07) is 9.29. The maximum Gasteiger partial charge on any atom is 0.176 e. The molecule has 6 heterocycles. The molecule has 0 atom stereocenters. The summed E-state index contributed by atoms with van der Waals surface area (Å²) in [5, 5.41) is 10.9. The molecule has 0 spiro atoms. The Balaban J connectivity index is 1.20. The van der Waals surface area contributed by atoms with Crippen LogP contribution in [0.15, 0.2) is 55.1 Å². The van der Waals surface area contributed by atoms with Crippen LogP contribution in [0.3, 0.4) is 0 Å². The molecule has 6 aromatic rings. The number of hydrogen-bond donors (Lipinski definition) is 3. The Hall–Kier alpha value is -4.02. The number of halogens is 1. The lowest BCUT2D eigenvalue weighted by Crippen LogP contribution is -2.20. The second-order valence-corrected chi connectivity index (χ2v) is 10.8. The van der Waals surface area contributed by atoms with Crippen molar-refractivity contribution in [2.75, 3.05) is 6.54 Å². The first-order chi connectivity index (χ1) is 18.7. The molecular formula is C28H25FN8S. The van der Waals surface area contributed by atoms with E-state index >= 15 is 0 Å². The molecule has 190 valence electrons. The number of hydrogen-bond acceptors (Lipinski definition) is 7. The predicted octanol–water partition coefficient (Wildman–Crippen LogP) is 6.11. The largest absolute Gasteiger partial charge is 0.335 e. The average molecular weight is 525 g/mol. The lowest BCUT2D eigenvalue weighted by molar-refractivity contribution is 0.489. The Bertz CT molecular complexity index is 1750. The van der Waals surface area contributed by atoms with Crippen molar-refractivity contribution in [2.24, 2.45) is 5.92 Å². The van der Waals surface area contributed by atoms with E-state index in [9.17, 15) is 4.39 Å². The molecule has 6 aromatic heterocycles. The quantitative estimate of drug-likeness (QED) is 0.233. The van der Waals surface area contributed by atoms with E-state index in [4.69, 9.17) is 9.97 Å². The topological polar surface area (TPSA) is 108 Å². The summed E-state index contributed by atoms with van der Waals surface area (Å²) in [5.74, 6) is 1.37. The molecule has 7 rings (SSSR count). The molecule has 0 saturated heterocycles. The molecule has 0 bridgehead atoms. The minimum Gasteiger partial charge on any atom is -0.335 e.